The second kappa shape index (κ2) is 3.81. The number of ether oxygens (including phenoxy) is 2. The van der Waals surface area contributed by atoms with E-state index in [-0.39, 0.29) is 0 Å². The highest BCUT2D eigenvalue weighted by atomic mass is 16.5. The van der Waals surface area contributed by atoms with Gasteiger partial charge in [-0.25, -0.2) is 0 Å². The van der Waals surface area contributed by atoms with Crippen molar-refractivity contribution in [3.05, 3.63) is 23.3 Å². The van der Waals surface area contributed by atoms with E-state index in [9.17, 15) is 0 Å². The van der Waals surface area contributed by atoms with Crippen LogP contribution in [0.25, 0.3) is 0 Å². The van der Waals surface area contributed by atoms with Gasteiger partial charge in [-0.15, -0.1) is 0 Å². The number of nitriles is 1. The summed E-state index contributed by atoms with van der Waals surface area (Å²) in [4.78, 5) is 0. The van der Waals surface area contributed by atoms with Crippen LogP contribution in [0, 0.1) is 18.3 Å². The average molecular weight is 177 g/mol. The molecule has 0 heterocycles. The second-order valence-corrected chi connectivity index (χ2v) is 2.59. The Balaban J connectivity index is 3.34. The van der Waals surface area contributed by atoms with Crippen molar-refractivity contribution >= 4 is 0 Å². The molecule has 0 amide bonds. The van der Waals surface area contributed by atoms with E-state index in [4.69, 9.17) is 14.7 Å². The van der Waals surface area contributed by atoms with Crippen LogP contribution in [0.1, 0.15) is 11.1 Å². The lowest BCUT2D eigenvalue weighted by atomic mass is 10.1. The Kier molecular flexibility index (Phi) is 2.76. The minimum absolute atomic E-state index is 0.529. The van der Waals surface area contributed by atoms with Gasteiger partial charge in [-0.1, -0.05) is 0 Å². The Morgan fingerprint density at radius 1 is 1.23 bits per heavy atom. The monoisotopic (exact) mass is 177 g/mol. The zero-order chi connectivity index (χ0) is 9.84. The zero-order valence-corrected chi connectivity index (χ0v) is 7.92. The summed E-state index contributed by atoms with van der Waals surface area (Å²) >= 11 is 0. The third kappa shape index (κ3) is 1.57. The van der Waals surface area contributed by atoms with E-state index >= 15 is 0 Å². The third-order valence-electron chi connectivity index (χ3n) is 1.90. The van der Waals surface area contributed by atoms with Gasteiger partial charge in [0.2, 0.25) is 0 Å². The van der Waals surface area contributed by atoms with Crippen LogP contribution in [0.4, 0.5) is 0 Å². The van der Waals surface area contributed by atoms with Crippen LogP contribution < -0.4 is 9.47 Å². The van der Waals surface area contributed by atoms with Gasteiger partial charge in [0.1, 0.15) is 17.6 Å². The molecule has 0 aromatic heterocycles. The molecule has 1 aromatic carbocycles. The van der Waals surface area contributed by atoms with E-state index in [1.807, 2.05) is 6.92 Å². The summed E-state index contributed by atoms with van der Waals surface area (Å²) in [5.41, 5.74) is 1.38. The molecule has 0 atom stereocenters. The quantitative estimate of drug-likeness (QED) is 0.692. The Hall–Kier alpha value is -1.69. The van der Waals surface area contributed by atoms with Crippen LogP contribution in [-0.4, -0.2) is 14.2 Å². The molecule has 0 aliphatic carbocycles. The molecule has 0 spiro atoms. The van der Waals surface area contributed by atoms with Gasteiger partial charge in [0.25, 0.3) is 0 Å². The molecular weight excluding hydrogens is 166 g/mol. The topological polar surface area (TPSA) is 42.2 Å². The number of benzene rings is 1. The number of hydrogen-bond donors (Lipinski definition) is 0. The Morgan fingerprint density at radius 3 is 2.38 bits per heavy atom. The zero-order valence-electron chi connectivity index (χ0n) is 7.92. The van der Waals surface area contributed by atoms with Gasteiger partial charge >= 0.3 is 0 Å². The van der Waals surface area contributed by atoms with E-state index in [0.717, 1.165) is 11.3 Å². The number of hydrogen-bond acceptors (Lipinski definition) is 3. The maximum Gasteiger partial charge on any atom is 0.143 e. The van der Waals surface area contributed by atoms with Gasteiger partial charge < -0.3 is 9.47 Å². The van der Waals surface area contributed by atoms with E-state index in [1.165, 1.54) is 0 Å². The third-order valence-corrected chi connectivity index (χ3v) is 1.90. The molecule has 0 radical (unpaired) electrons. The summed E-state index contributed by atoms with van der Waals surface area (Å²) in [6, 6.07) is 5.50. The number of methoxy groups -OCH3 is 2. The van der Waals surface area contributed by atoms with E-state index in [0.29, 0.717) is 11.3 Å². The fraction of sp³-hybridized carbons (Fsp3) is 0.300. The molecule has 0 N–H and O–H groups in total. The van der Waals surface area contributed by atoms with Crippen LogP contribution in [0.15, 0.2) is 12.1 Å². The lowest BCUT2D eigenvalue weighted by Crippen LogP contribution is -1.94. The summed E-state index contributed by atoms with van der Waals surface area (Å²) in [5, 5.41) is 8.77. The molecule has 0 aliphatic heterocycles. The molecule has 3 nitrogen and oxygen atoms in total. The van der Waals surface area contributed by atoms with Crippen molar-refractivity contribution in [1.82, 2.24) is 0 Å². The van der Waals surface area contributed by atoms with Gasteiger partial charge in [0.05, 0.1) is 19.8 Å². The molecule has 0 unspecified atom stereocenters. The van der Waals surface area contributed by atoms with E-state index in [2.05, 4.69) is 6.07 Å². The Labute approximate surface area is 77.5 Å². The van der Waals surface area contributed by atoms with Crippen LogP contribution in [-0.2, 0) is 0 Å². The van der Waals surface area contributed by atoms with Crippen molar-refractivity contribution in [2.75, 3.05) is 14.2 Å². The van der Waals surface area contributed by atoms with Crippen molar-refractivity contribution in [2.45, 2.75) is 6.92 Å². The summed E-state index contributed by atoms with van der Waals surface area (Å²) in [7, 11) is 3.14. The second-order valence-electron chi connectivity index (χ2n) is 2.59. The average Bonchev–Trinajstić information content (AvgIpc) is 2.17. The fourth-order valence-corrected chi connectivity index (χ4v) is 1.25. The fourth-order valence-electron chi connectivity index (χ4n) is 1.25. The van der Waals surface area contributed by atoms with Crippen molar-refractivity contribution in [3.8, 4) is 17.6 Å². The first kappa shape index (κ1) is 9.40. The maximum absolute atomic E-state index is 8.77. The summed E-state index contributed by atoms with van der Waals surface area (Å²) in [6.07, 6.45) is 0. The van der Waals surface area contributed by atoms with Crippen molar-refractivity contribution in [1.29, 1.82) is 5.26 Å². The summed E-state index contributed by atoms with van der Waals surface area (Å²) in [5.74, 6) is 1.32. The number of rotatable bonds is 2. The molecular formula is C10H11NO2. The van der Waals surface area contributed by atoms with Crippen LogP contribution in [0.2, 0.25) is 0 Å². The molecule has 68 valence electrons. The standard InChI is InChI=1S/C10H11NO2/c1-7-9(12-2)5-4-8(6-11)10(7)13-3/h4-5H,1-3H3. The van der Waals surface area contributed by atoms with Crippen molar-refractivity contribution < 1.29 is 9.47 Å². The van der Waals surface area contributed by atoms with E-state index in [1.54, 1.807) is 26.4 Å². The highest BCUT2D eigenvalue weighted by Crippen LogP contribution is 2.30. The van der Waals surface area contributed by atoms with Crippen molar-refractivity contribution in [3.63, 3.8) is 0 Å². The largest absolute Gasteiger partial charge is 0.496 e. The van der Waals surface area contributed by atoms with Gasteiger partial charge in [0.15, 0.2) is 0 Å². The molecule has 0 saturated carbocycles. The predicted molar refractivity (Wildman–Crippen MR) is 49.0 cm³/mol. The van der Waals surface area contributed by atoms with Crippen LogP contribution in [0.3, 0.4) is 0 Å². The maximum atomic E-state index is 8.77. The predicted octanol–water partition coefficient (Wildman–Crippen LogP) is 1.88. The minimum atomic E-state index is 0.529. The molecule has 0 saturated heterocycles. The first-order chi connectivity index (χ1) is 6.24. The molecule has 0 aliphatic rings. The van der Waals surface area contributed by atoms with E-state index < -0.39 is 0 Å². The molecule has 3 heteroatoms. The van der Waals surface area contributed by atoms with Crippen LogP contribution >= 0.6 is 0 Å². The first-order valence-electron chi connectivity index (χ1n) is 3.86. The molecule has 1 rings (SSSR count). The van der Waals surface area contributed by atoms with Gasteiger partial charge in [-0.3, -0.25) is 0 Å². The van der Waals surface area contributed by atoms with Crippen LogP contribution in [0.5, 0.6) is 11.5 Å². The lowest BCUT2D eigenvalue weighted by Gasteiger charge is -2.10. The lowest BCUT2D eigenvalue weighted by molar-refractivity contribution is 0.388. The Morgan fingerprint density at radius 2 is 1.92 bits per heavy atom. The molecule has 1 aromatic rings. The highest BCUT2D eigenvalue weighted by molar-refractivity contribution is 5.54. The number of nitrogens with zero attached hydrogens (tertiary/aromatic N) is 1. The SMILES string of the molecule is COc1ccc(C#N)c(OC)c1C. The van der Waals surface area contributed by atoms with Gasteiger partial charge in [-0.2, -0.15) is 5.26 Å². The first-order valence-corrected chi connectivity index (χ1v) is 3.86. The highest BCUT2D eigenvalue weighted by Gasteiger charge is 2.09. The molecule has 13 heavy (non-hydrogen) atoms. The molecule has 0 fully saturated rings. The molecule has 0 bridgehead atoms. The summed E-state index contributed by atoms with van der Waals surface area (Å²) in [6.45, 7) is 1.86. The summed E-state index contributed by atoms with van der Waals surface area (Å²) < 4.78 is 10.2. The van der Waals surface area contributed by atoms with Gasteiger partial charge in [0, 0.05) is 5.56 Å². The minimum Gasteiger partial charge on any atom is -0.496 e. The smallest absolute Gasteiger partial charge is 0.143 e. The Bertz CT molecular complexity index is 353. The van der Waals surface area contributed by atoms with Crippen molar-refractivity contribution in [2.24, 2.45) is 0 Å². The van der Waals surface area contributed by atoms with Gasteiger partial charge in [-0.05, 0) is 19.1 Å². The normalized spacial score (nSPS) is 9.08.